The Bertz CT molecular complexity index is 1130. The van der Waals surface area contributed by atoms with Crippen molar-refractivity contribution in [3.8, 4) is 17.3 Å². The second-order valence-electron chi connectivity index (χ2n) is 6.55. The van der Waals surface area contributed by atoms with Gasteiger partial charge in [0, 0.05) is 11.3 Å². The molecule has 3 aromatic rings. The SMILES string of the molecule is CCOc1ccc(C(=O)NNC(=O)c2nc(-n3nc(C)cc3C)ccc2Cl)cc1OC. The number of aryl methyl sites for hydroxylation is 2. The Morgan fingerprint density at radius 1 is 1.06 bits per heavy atom. The van der Waals surface area contributed by atoms with E-state index in [2.05, 4.69) is 20.9 Å². The minimum atomic E-state index is -0.667. The van der Waals surface area contributed by atoms with Crippen molar-refractivity contribution in [1.29, 1.82) is 0 Å². The summed E-state index contributed by atoms with van der Waals surface area (Å²) in [6.45, 7) is 6.04. The van der Waals surface area contributed by atoms with E-state index in [9.17, 15) is 9.59 Å². The average molecular weight is 444 g/mol. The van der Waals surface area contributed by atoms with Crippen molar-refractivity contribution in [3.63, 3.8) is 0 Å². The number of hydrazine groups is 1. The van der Waals surface area contributed by atoms with Crippen molar-refractivity contribution in [2.45, 2.75) is 20.8 Å². The molecule has 0 bridgehead atoms. The number of ether oxygens (including phenoxy) is 2. The lowest BCUT2D eigenvalue weighted by molar-refractivity contribution is 0.0844. The highest BCUT2D eigenvalue weighted by atomic mass is 35.5. The molecule has 2 aromatic heterocycles. The van der Waals surface area contributed by atoms with Gasteiger partial charge in [0.05, 0.1) is 24.4 Å². The standard InChI is InChI=1S/C21H22ClN5O4/c1-5-31-16-8-6-14(11-17(16)30-4)20(28)24-25-21(29)19-15(22)7-9-18(23-19)27-13(3)10-12(2)26-27/h6-11H,5H2,1-4H3,(H,24,28)(H,25,29). The third-order valence-electron chi connectivity index (χ3n) is 4.29. The molecule has 2 N–H and O–H groups in total. The maximum Gasteiger partial charge on any atom is 0.289 e. The molecule has 0 saturated heterocycles. The zero-order valence-corrected chi connectivity index (χ0v) is 18.3. The van der Waals surface area contributed by atoms with Crippen molar-refractivity contribution in [2.24, 2.45) is 0 Å². The molecule has 0 aliphatic heterocycles. The molecule has 1 aromatic carbocycles. The topological polar surface area (TPSA) is 107 Å². The minimum Gasteiger partial charge on any atom is -0.493 e. The number of carbonyl (C=O) groups is 2. The van der Waals surface area contributed by atoms with Crippen LogP contribution < -0.4 is 20.3 Å². The van der Waals surface area contributed by atoms with Gasteiger partial charge in [-0.15, -0.1) is 0 Å². The van der Waals surface area contributed by atoms with Gasteiger partial charge in [0.15, 0.2) is 23.0 Å². The largest absolute Gasteiger partial charge is 0.493 e. The van der Waals surface area contributed by atoms with Gasteiger partial charge in [0.25, 0.3) is 11.8 Å². The molecule has 0 aliphatic carbocycles. The van der Waals surface area contributed by atoms with Crippen molar-refractivity contribution in [2.75, 3.05) is 13.7 Å². The molecule has 2 amide bonds. The highest BCUT2D eigenvalue weighted by Gasteiger charge is 2.17. The first-order chi connectivity index (χ1) is 14.8. The molecule has 2 heterocycles. The van der Waals surface area contributed by atoms with E-state index in [1.807, 2.05) is 26.8 Å². The zero-order valence-electron chi connectivity index (χ0n) is 17.5. The second kappa shape index (κ2) is 9.48. The zero-order chi connectivity index (χ0) is 22.5. The summed E-state index contributed by atoms with van der Waals surface area (Å²) in [7, 11) is 1.48. The Labute approximate surface area is 184 Å². The minimum absolute atomic E-state index is 0.0451. The number of hydrogen-bond donors (Lipinski definition) is 2. The second-order valence-corrected chi connectivity index (χ2v) is 6.95. The summed E-state index contributed by atoms with van der Waals surface area (Å²) in [6.07, 6.45) is 0. The number of nitrogens with one attached hydrogen (secondary N) is 2. The maximum absolute atomic E-state index is 12.6. The third-order valence-corrected chi connectivity index (χ3v) is 4.59. The fourth-order valence-electron chi connectivity index (χ4n) is 2.90. The summed E-state index contributed by atoms with van der Waals surface area (Å²) in [5, 5.41) is 4.49. The lowest BCUT2D eigenvalue weighted by atomic mass is 10.2. The number of halogens is 1. The van der Waals surface area contributed by atoms with Crippen molar-refractivity contribution in [1.82, 2.24) is 25.6 Å². The van der Waals surface area contributed by atoms with E-state index in [-0.39, 0.29) is 16.3 Å². The number of hydrogen-bond acceptors (Lipinski definition) is 6. The third kappa shape index (κ3) is 4.95. The lowest BCUT2D eigenvalue weighted by Crippen LogP contribution is -2.42. The predicted octanol–water partition coefficient (Wildman–Crippen LogP) is 3.02. The molecule has 0 aliphatic rings. The van der Waals surface area contributed by atoms with E-state index in [0.717, 1.165) is 11.4 Å². The summed E-state index contributed by atoms with van der Waals surface area (Å²) in [4.78, 5) is 29.3. The van der Waals surface area contributed by atoms with Crippen molar-refractivity contribution in [3.05, 3.63) is 64.1 Å². The van der Waals surface area contributed by atoms with Crippen LogP contribution in [0.4, 0.5) is 0 Å². The Morgan fingerprint density at radius 3 is 2.45 bits per heavy atom. The van der Waals surface area contributed by atoms with Crippen LogP contribution in [-0.4, -0.2) is 40.3 Å². The van der Waals surface area contributed by atoms with E-state index in [1.165, 1.54) is 13.2 Å². The molecule has 0 atom stereocenters. The summed E-state index contributed by atoms with van der Waals surface area (Å²) in [5.74, 6) is 0.147. The highest BCUT2D eigenvalue weighted by Crippen LogP contribution is 2.28. The first-order valence-electron chi connectivity index (χ1n) is 9.45. The first kappa shape index (κ1) is 22.1. The van der Waals surface area contributed by atoms with Crippen LogP contribution in [0.1, 0.15) is 39.2 Å². The fourth-order valence-corrected chi connectivity index (χ4v) is 3.09. The van der Waals surface area contributed by atoms with Crippen LogP contribution in [0.3, 0.4) is 0 Å². The van der Waals surface area contributed by atoms with Gasteiger partial charge in [-0.3, -0.25) is 20.4 Å². The van der Waals surface area contributed by atoms with Gasteiger partial charge in [0.1, 0.15) is 0 Å². The van der Waals surface area contributed by atoms with Crippen LogP contribution in [0.2, 0.25) is 5.02 Å². The van der Waals surface area contributed by atoms with Crippen LogP contribution in [-0.2, 0) is 0 Å². The quantitative estimate of drug-likeness (QED) is 0.567. The van der Waals surface area contributed by atoms with Crippen LogP contribution in [0.5, 0.6) is 11.5 Å². The van der Waals surface area contributed by atoms with Crippen LogP contribution in [0.15, 0.2) is 36.4 Å². The van der Waals surface area contributed by atoms with Crippen LogP contribution in [0.25, 0.3) is 5.82 Å². The normalized spacial score (nSPS) is 10.5. The molecule has 3 rings (SSSR count). The maximum atomic E-state index is 12.6. The van der Waals surface area contributed by atoms with E-state index in [4.69, 9.17) is 21.1 Å². The van der Waals surface area contributed by atoms with Gasteiger partial charge in [-0.25, -0.2) is 9.67 Å². The lowest BCUT2D eigenvalue weighted by Gasteiger charge is -2.12. The predicted molar refractivity (Wildman–Crippen MR) is 115 cm³/mol. The van der Waals surface area contributed by atoms with Gasteiger partial charge < -0.3 is 9.47 Å². The fraction of sp³-hybridized carbons (Fsp3) is 0.238. The molecule has 31 heavy (non-hydrogen) atoms. The van der Waals surface area contributed by atoms with E-state index < -0.39 is 11.8 Å². The molecular weight excluding hydrogens is 422 g/mol. The van der Waals surface area contributed by atoms with Crippen molar-refractivity contribution >= 4 is 23.4 Å². The monoisotopic (exact) mass is 443 g/mol. The smallest absolute Gasteiger partial charge is 0.289 e. The van der Waals surface area contributed by atoms with E-state index in [0.29, 0.717) is 23.9 Å². The number of methoxy groups -OCH3 is 1. The number of aromatic nitrogens is 3. The van der Waals surface area contributed by atoms with Gasteiger partial charge >= 0.3 is 0 Å². The first-order valence-corrected chi connectivity index (χ1v) is 9.83. The van der Waals surface area contributed by atoms with Gasteiger partial charge in [-0.05, 0) is 57.2 Å². The summed E-state index contributed by atoms with van der Waals surface area (Å²) in [5.41, 5.74) is 6.58. The highest BCUT2D eigenvalue weighted by molar-refractivity contribution is 6.33. The van der Waals surface area contributed by atoms with Gasteiger partial charge in [-0.2, -0.15) is 5.10 Å². The Hall–Kier alpha value is -3.59. The number of pyridine rings is 1. The Kier molecular flexibility index (Phi) is 6.76. The summed E-state index contributed by atoms with van der Waals surface area (Å²) >= 11 is 6.15. The summed E-state index contributed by atoms with van der Waals surface area (Å²) < 4.78 is 12.3. The van der Waals surface area contributed by atoms with Crippen molar-refractivity contribution < 1.29 is 19.1 Å². The molecule has 0 unspecified atom stereocenters. The number of amides is 2. The molecule has 10 heteroatoms. The van der Waals surface area contributed by atoms with Crippen LogP contribution in [0, 0.1) is 13.8 Å². The molecule has 0 fully saturated rings. The van der Waals surface area contributed by atoms with Gasteiger partial charge in [-0.1, -0.05) is 11.6 Å². The molecule has 0 spiro atoms. The number of rotatable bonds is 6. The molecule has 162 valence electrons. The van der Waals surface area contributed by atoms with E-state index in [1.54, 1.807) is 28.9 Å². The van der Waals surface area contributed by atoms with Gasteiger partial charge in [0.2, 0.25) is 0 Å². The number of benzene rings is 1. The molecular formula is C21H22ClN5O4. The number of carbonyl (C=O) groups excluding carboxylic acids is 2. The average Bonchev–Trinajstić information content (AvgIpc) is 3.10. The molecule has 0 radical (unpaired) electrons. The number of nitrogens with zero attached hydrogens (tertiary/aromatic N) is 3. The summed E-state index contributed by atoms with van der Waals surface area (Å²) in [6, 6.07) is 9.79. The molecule has 0 saturated carbocycles. The Morgan fingerprint density at radius 2 is 1.81 bits per heavy atom. The van der Waals surface area contributed by atoms with E-state index >= 15 is 0 Å². The van der Waals surface area contributed by atoms with Crippen LogP contribution >= 0.6 is 11.6 Å². The Balaban J connectivity index is 1.74. The molecule has 9 nitrogen and oxygen atoms in total.